The molecule has 6 heteroatoms. The van der Waals surface area contributed by atoms with Gasteiger partial charge in [0, 0.05) is 6.42 Å². The van der Waals surface area contributed by atoms with Gasteiger partial charge in [0.1, 0.15) is 9.88 Å². The van der Waals surface area contributed by atoms with Crippen molar-refractivity contribution in [3.63, 3.8) is 0 Å². The third-order valence-electron chi connectivity index (χ3n) is 3.52. The van der Waals surface area contributed by atoms with E-state index in [9.17, 15) is 9.59 Å². The minimum atomic E-state index is -0.982. The minimum Gasteiger partial charge on any atom is -0.477 e. The number of aromatic nitrogens is 1. The first-order valence-electron chi connectivity index (χ1n) is 7.42. The zero-order valence-corrected chi connectivity index (χ0v) is 14.2. The molecule has 0 aliphatic heterocycles. The summed E-state index contributed by atoms with van der Waals surface area (Å²) in [6.07, 6.45) is 1.07. The van der Waals surface area contributed by atoms with E-state index < -0.39 is 5.97 Å². The molecule has 1 heterocycles. The molecule has 0 radical (unpaired) electrons. The van der Waals surface area contributed by atoms with Crippen LogP contribution in [0.15, 0.2) is 24.3 Å². The number of benzene rings is 1. The lowest BCUT2D eigenvalue weighted by atomic mass is 10.1. The second-order valence-corrected chi connectivity index (χ2v) is 6.58. The largest absolute Gasteiger partial charge is 0.477 e. The van der Waals surface area contributed by atoms with Crippen LogP contribution in [0.4, 0.5) is 0 Å². The van der Waals surface area contributed by atoms with E-state index in [1.807, 2.05) is 38.1 Å². The molecule has 0 spiro atoms. The molecule has 1 aromatic heterocycles. The number of hydrogen-bond acceptors (Lipinski definition) is 4. The number of nitrogens with one attached hydrogen (secondary N) is 1. The summed E-state index contributed by atoms with van der Waals surface area (Å²) in [7, 11) is 0. The summed E-state index contributed by atoms with van der Waals surface area (Å²) < 4.78 is 0. The molecule has 0 aliphatic rings. The van der Waals surface area contributed by atoms with Gasteiger partial charge in [0.25, 0.3) is 0 Å². The molecule has 2 aromatic rings. The number of rotatable bonds is 6. The maximum Gasteiger partial charge on any atom is 0.347 e. The van der Waals surface area contributed by atoms with Crippen LogP contribution in [0.2, 0.25) is 0 Å². The zero-order chi connectivity index (χ0) is 17.0. The molecule has 23 heavy (non-hydrogen) atoms. The van der Waals surface area contributed by atoms with E-state index in [1.165, 1.54) is 5.56 Å². The van der Waals surface area contributed by atoms with Gasteiger partial charge in [-0.1, -0.05) is 29.8 Å². The molecule has 1 atom stereocenters. The molecule has 0 bridgehead atoms. The molecular weight excluding hydrogens is 312 g/mol. The monoisotopic (exact) mass is 332 g/mol. The van der Waals surface area contributed by atoms with Crippen LogP contribution in [0.5, 0.6) is 0 Å². The Hall–Kier alpha value is -2.21. The highest BCUT2D eigenvalue weighted by molar-refractivity contribution is 7.13. The number of amides is 1. The Kier molecular flexibility index (Phi) is 5.50. The van der Waals surface area contributed by atoms with E-state index >= 15 is 0 Å². The van der Waals surface area contributed by atoms with E-state index in [0.717, 1.165) is 16.9 Å². The fourth-order valence-corrected chi connectivity index (χ4v) is 3.10. The first kappa shape index (κ1) is 17.1. The molecule has 0 aliphatic carbocycles. The molecule has 2 rings (SSSR count). The van der Waals surface area contributed by atoms with Crippen molar-refractivity contribution < 1.29 is 14.7 Å². The average Bonchev–Trinajstić information content (AvgIpc) is 2.89. The minimum absolute atomic E-state index is 0.0668. The Balaban J connectivity index is 1.90. The predicted octanol–water partition coefficient (Wildman–Crippen LogP) is 3.27. The number of carbonyl (C=O) groups excluding carboxylic acids is 1. The summed E-state index contributed by atoms with van der Waals surface area (Å²) in [5, 5.41) is 12.5. The van der Waals surface area contributed by atoms with E-state index in [1.54, 1.807) is 6.92 Å². The molecule has 0 saturated heterocycles. The molecule has 0 fully saturated rings. The number of hydrogen-bond donors (Lipinski definition) is 2. The van der Waals surface area contributed by atoms with E-state index in [4.69, 9.17) is 5.11 Å². The summed E-state index contributed by atoms with van der Waals surface area (Å²) in [4.78, 5) is 27.5. The van der Waals surface area contributed by atoms with E-state index in [-0.39, 0.29) is 16.8 Å². The first-order chi connectivity index (χ1) is 10.9. The smallest absolute Gasteiger partial charge is 0.347 e. The predicted molar refractivity (Wildman–Crippen MR) is 89.9 cm³/mol. The molecular formula is C17H20N2O3S. The SMILES string of the molecule is Cc1ccc(CCC(=O)NC(C)c2nc(C)c(C(=O)O)s2)cc1. The lowest BCUT2D eigenvalue weighted by Gasteiger charge is -2.11. The lowest BCUT2D eigenvalue weighted by molar-refractivity contribution is -0.121. The highest BCUT2D eigenvalue weighted by Crippen LogP contribution is 2.23. The van der Waals surface area contributed by atoms with Crippen LogP contribution in [-0.2, 0) is 11.2 Å². The second-order valence-electron chi connectivity index (χ2n) is 5.55. The summed E-state index contributed by atoms with van der Waals surface area (Å²) in [6.45, 7) is 5.50. The lowest BCUT2D eigenvalue weighted by Crippen LogP contribution is -2.26. The van der Waals surface area contributed by atoms with Crippen molar-refractivity contribution in [2.24, 2.45) is 0 Å². The zero-order valence-electron chi connectivity index (χ0n) is 13.4. The van der Waals surface area contributed by atoms with Crippen molar-refractivity contribution in [1.29, 1.82) is 0 Å². The standard InChI is InChI=1S/C17H20N2O3S/c1-10-4-6-13(7-5-10)8-9-14(20)18-12(3)16-19-11(2)15(23-16)17(21)22/h4-7,12H,8-9H2,1-3H3,(H,18,20)(H,21,22). The van der Waals surface area contributed by atoms with E-state index in [2.05, 4.69) is 10.3 Å². The van der Waals surface area contributed by atoms with Crippen LogP contribution in [-0.4, -0.2) is 22.0 Å². The van der Waals surface area contributed by atoms with Crippen LogP contribution in [0.3, 0.4) is 0 Å². The van der Waals surface area contributed by atoms with Crippen molar-refractivity contribution in [1.82, 2.24) is 10.3 Å². The Morgan fingerprint density at radius 1 is 1.26 bits per heavy atom. The molecule has 1 unspecified atom stereocenters. The first-order valence-corrected chi connectivity index (χ1v) is 8.24. The molecule has 5 nitrogen and oxygen atoms in total. The number of thiazole rings is 1. The van der Waals surface area contributed by atoms with Crippen LogP contribution in [0, 0.1) is 13.8 Å². The van der Waals surface area contributed by atoms with Crippen LogP contribution < -0.4 is 5.32 Å². The Bertz CT molecular complexity index is 707. The number of aryl methyl sites for hydroxylation is 3. The van der Waals surface area contributed by atoms with Crippen LogP contribution >= 0.6 is 11.3 Å². The Morgan fingerprint density at radius 3 is 2.48 bits per heavy atom. The van der Waals surface area contributed by atoms with E-state index in [0.29, 0.717) is 23.5 Å². The number of aromatic carboxylic acids is 1. The maximum atomic E-state index is 12.0. The van der Waals surface area contributed by atoms with Gasteiger partial charge in [-0.2, -0.15) is 0 Å². The third-order valence-corrected chi connectivity index (χ3v) is 4.84. The molecule has 1 amide bonds. The summed E-state index contributed by atoms with van der Waals surface area (Å²) in [5.74, 6) is -1.05. The van der Waals surface area contributed by atoms with Crippen molar-refractivity contribution in [3.05, 3.63) is 51.0 Å². The number of nitrogens with zero attached hydrogens (tertiary/aromatic N) is 1. The fraction of sp³-hybridized carbons (Fsp3) is 0.353. The van der Waals surface area contributed by atoms with Gasteiger partial charge in [0.2, 0.25) is 5.91 Å². The third kappa shape index (κ3) is 4.63. The van der Waals surface area contributed by atoms with Crippen molar-refractivity contribution in [2.75, 3.05) is 0 Å². The highest BCUT2D eigenvalue weighted by Gasteiger charge is 2.19. The normalized spacial score (nSPS) is 12.0. The van der Waals surface area contributed by atoms with Crippen molar-refractivity contribution in [3.8, 4) is 0 Å². The fourth-order valence-electron chi connectivity index (χ4n) is 2.19. The molecule has 0 saturated carbocycles. The summed E-state index contributed by atoms with van der Waals surface area (Å²) >= 11 is 1.11. The van der Waals surface area contributed by atoms with Gasteiger partial charge >= 0.3 is 5.97 Å². The van der Waals surface area contributed by atoms with Gasteiger partial charge in [-0.3, -0.25) is 4.79 Å². The second kappa shape index (κ2) is 7.37. The Morgan fingerprint density at radius 2 is 1.91 bits per heavy atom. The highest BCUT2D eigenvalue weighted by atomic mass is 32.1. The van der Waals surface area contributed by atoms with Gasteiger partial charge in [0.05, 0.1) is 11.7 Å². The topological polar surface area (TPSA) is 79.3 Å². The maximum absolute atomic E-state index is 12.0. The average molecular weight is 332 g/mol. The number of carboxylic acids is 1. The van der Waals surface area contributed by atoms with Gasteiger partial charge < -0.3 is 10.4 Å². The van der Waals surface area contributed by atoms with Gasteiger partial charge in [-0.05, 0) is 32.8 Å². The van der Waals surface area contributed by atoms with Crippen LogP contribution in [0.25, 0.3) is 0 Å². The number of carbonyl (C=O) groups is 2. The van der Waals surface area contributed by atoms with Gasteiger partial charge in [-0.15, -0.1) is 11.3 Å². The van der Waals surface area contributed by atoms with Gasteiger partial charge in [0.15, 0.2) is 0 Å². The number of carboxylic acid groups (broad SMARTS) is 1. The summed E-state index contributed by atoms with van der Waals surface area (Å²) in [6, 6.07) is 7.81. The molecule has 2 N–H and O–H groups in total. The van der Waals surface area contributed by atoms with Crippen molar-refractivity contribution >= 4 is 23.2 Å². The van der Waals surface area contributed by atoms with Crippen molar-refractivity contribution in [2.45, 2.75) is 39.7 Å². The Labute approximate surface area is 139 Å². The van der Waals surface area contributed by atoms with Crippen LogP contribution in [0.1, 0.15) is 50.9 Å². The molecule has 122 valence electrons. The quantitative estimate of drug-likeness (QED) is 0.851. The summed E-state index contributed by atoms with van der Waals surface area (Å²) in [5.41, 5.74) is 2.80. The van der Waals surface area contributed by atoms with Gasteiger partial charge in [-0.25, -0.2) is 9.78 Å². The molecule has 1 aromatic carbocycles.